The Morgan fingerprint density at radius 2 is 2.50 bits per heavy atom. The molecule has 0 spiro atoms. The predicted molar refractivity (Wildman–Crippen MR) is 46.1 cm³/mol. The van der Waals surface area contributed by atoms with Crippen LogP contribution in [-0.4, -0.2) is 49.2 Å². The lowest BCUT2D eigenvalue weighted by atomic mass is 10.1. The smallest absolute Gasteiger partial charge is 0.317 e. The second-order valence-corrected chi connectivity index (χ2v) is 3.44. The maximum Gasteiger partial charge on any atom is 0.317 e. The highest BCUT2D eigenvalue weighted by Crippen LogP contribution is 2.12. The highest BCUT2D eigenvalue weighted by molar-refractivity contribution is 5.68. The molecule has 4 nitrogen and oxygen atoms in total. The number of hydrogen-bond donors (Lipinski definition) is 2. The fraction of sp³-hybridized carbons (Fsp3) is 0.875. The third kappa shape index (κ3) is 3.19. The van der Waals surface area contributed by atoms with Gasteiger partial charge in [-0.25, -0.2) is 0 Å². The molecule has 1 aliphatic heterocycles. The summed E-state index contributed by atoms with van der Waals surface area (Å²) in [6, 6.07) is 0. The van der Waals surface area contributed by atoms with Crippen molar-refractivity contribution in [2.45, 2.75) is 6.42 Å². The van der Waals surface area contributed by atoms with Crippen LogP contribution in [0.4, 0.5) is 0 Å². The van der Waals surface area contributed by atoms with Gasteiger partial charge in [-0.2, -0.15) is 0 Å². The SMILES string of the molecule is CN1CCC(CNCC(=O)O)C1. The highest BCUT2D eigenvalue weighted by Gasteiger charge is 2.18. The molecule has 0 amide bonds. The number of likely N-dealkylation sites (tertiary alicyclic amines) is 1. The lowest BCUT2D eigenvalue weighted by molar-refractivity contribution is -0.135. The van der Waals surface area contributed by atoms with Crippen LogP contribution in [0.15, 0.2) is 0 Å². The van der Waals surface area contributed by atoms with Gasteiger partial charge in [0.05, 0.1) is 6.54 Å². The maximum atomic E-state index is 10.2. The van der Waals surface area contributed by atoms with E-state index in [4.69, 9.17) is 5.11 Å². The first kappa shape index (κ1) is 9.48. The fourth-order valence-corrected chi connectivity index (χ4v) is 1.58. The van der Waals surface area contributed by atoms with Crippen LogP contribution in [0, 0.1) is 5.92 Å². The number of hydrogen-bond acceptors (Lipinski definition) is 3. The van der Waals surface area contributed by atoms with E-state index >= 15 is 0 Å². The van der Waals surface area contributed by atoms with Crippen LogP contribution in [0.25, 0.3) is 0 Å². The number of nitrogens with one attached hydrogen (secondary N) is 1. The van der Waals surface area contributed by atoms with E-state index in [1.165, 1.54) is 6.42 Å². The molecule has 0 aromatic carbocycles. The lowest BCUT2D eigenvalue weighted by Crippen LogP contribution is -2.29. The van der Waals surface area contributed by atoms with Crippen molar-refractivity contribution in [2.24, 2.45) is 5.92 Å². The predicted octanol–water partition coefficient (Wildman–Crippen LogP) is -0.388. The van der Waals surface area contributed by atoms with Gasteiger partial charge in [0.1, 0.15) is 0 Å². The normalized spacial score (nSPS) is 24.6. The van der Waals surface area contributed by atoms with Gasteiger partial charge in [-0.15, -0.1) is 0 Å². The molecule has 1 atom stereocenters. The summed E-state index contributed by atoms with van der Waals surface area (Å²) >= 11 is 0. The molecule has 1 saturated heterocycles. The molecule has 0 aromatic rings. The molecule has 1 rings (SSSR count). The molecule has 70 valence electrons. The van der Waals surface area contributed by atoms with Gasteiger partial charge in [0.25, 0.3) is 0 Å². The third-order valence-corrected chi connectivity index (χ3v) is 2.20. The Labute approximate surface area is 72.6 Å². The Bertz CT molecular complexity index is 161. The Kier molecular flexibility index (Phi) is 3.49. The van der Waals surface area contributed by atoms with Crippen LogP contribution >= 0.6 is 0 Å². The Morgan fingerprint density at radius 3 is 3.00 bits per heavy atom. The topological polar surface area (TPSA) is 52.6 Å². The second-order valence-electron chi connectivity index (χ2n) is 3.44. The average molecular weight is 172 g/mol. The van der Waals surface area contributed by atoms with Crippen molar-refractivity contribution in [2.75, 3.05) is 33.2 Å². The molecule has 1 fully saturated rings. The van der Waals surface area contributed by atoms with E-state index in [2.05, 4.69) is 17.3 Å². The van der Waals surface area contributed by atoms with E-state index in [0.717, 1.165) is 19.6 Å². The van der Waals surface area contributed by atoms with E-state index in [0.29, 0.717) is 5.92 Å². The van der Waals surface area contributed by atoms with Crippen LogP contribution < -0.4 is 5.32 Å². The number of carbonyl (C=O) groups is 1. The highest BCUT2D eigenvalue weighted by atomic mass is 16.4. The van der Waals surface area contributed by atoms with Crippen molar-refractivity contribution >= 4 is 5.97 Å². The maximum absolute atomic E-state index is 10.2. The van der Waals surface area contributed by atoms with Gasteiger partial charge in [-0.05, 0) is 32.5 Å². The molecular formula is C8H16N2O2. The Balaban J connectivity index is 2.04. The number of nitrogens with zero attached hydrogens (tertiary/aromatic N) is 1. The average Bonchev–Trinajstić information content (AvgIpc) is 2.35. The monoisotopic (exact) mass is 172 g/mol. The largest absolute Gasteiger partial charge is 0.480 e. The number of carboxylic acids is 1. The summed E-state index contributed by atoms with van der Waals surface area (Å²) in [5.74, 6) is -0.143. The molecule has 1 unspecified atom stereocenters. The zero-order valence-electron chi connectivity index (χ0n) is 7.42. The minimum Gasteiger partial charge on any atom is -0.480 e. The van der Waals surface area contributed by atoms with E-state index in [9.17, 15) is 4.79 Å². The van der Waals surface area contributed by atoms with Gasteiger partial charge in [0.15, 0.2) is 0 Å². The van der Waals surface area contributed by atoms with Crippen molar-refractivity contribution in [1.82, 2.24) is 10.2 Å². The number of aliphatic carboxylic acids is 1. The van der Waals surface area contributed by atoms with Gasteiger partial charge >= 0.3 is 5.97 Å². The third-order valence-electron chi connectivity index (χ3n) is 2.20. The van der Waals surface area contributed by atoms with Crippen LogP contribution in [0.3, 0.4) is 0 Å². The fourth-order valence-electron chi connectivity index (χ4n) is 1.58. The number of carboxylic acid groups (broad SMARTS) is 1. The summed E-state index contributed by atoms with van der Waals surface area (Å²) in [5, 5.41) is 11.3. The molecule has 0 saturated carbocycles. The molecule has 12 heavy (non-hydrogen) atoms. The zero-order valence-corrected chi connectivity index (χ0v) is 7.42. The Hall–Kier alpha value is -0.610. The summed E-state index contributed by atoms with van der Waals surface area (Å²) in [5.41, 5.74) is 0. The molecule has 1 heterocycles. The quantitative estimate of drug-likeness (QED) is 0.606. The molecule has 0 aliphatic carbocycles. The van der Waals surface area contributed by atoms with Crippen molar-refractivity contribution in [3.8, 4) is 0 Å². The standard InChI is InChI=1S/C8H16N2O2/c1-10-3-2-7(6-10)4-9-5-8(11)12/h7,9H,2-6H2,1H3,(H,11,12). The van der Waals surface area contributed by atoms with E-state index < -0.39 is 5.97 Å². The summed E-state index contributed by atoms with van der Waals surface area (Å²) in [7, 11) is 2.09. The van der Waals surface area contributed by atoms with Gasteiger partial charge < -0.3 is 15.3 Å². The summed E-state index contributed by atoms with van der Waals surface area (Å²) in [6.07, 6.45) is 1.18. The van der Waals surface area contributed by atoms with Gasteiger partial charge in [0, 0.05) is 6.54 Å². The van der Waals surface area contributed by atoms with Crippen molar-refractivity contribution in [1.29, 1.82) is 0 Å². The van der Waals surface area contributed by atoms with Gasteiger partial charge in [-0.3, -0.25) is 4.79 Å². The first-order valence-corrected chi connectivity index (χ1v) is 4.29. The van der Waals surface area contributed by atoms with Crippen molar-refractivity contribution in [3.05, 3.63) is 0 Å². The van der Waals surface area contributed by atoms with Crippen molar-refractivity contribution < 1.29 is 9.90 Å². The molecule has 0 radical (unpaired) electrons. The molecule has 0 bridgehead atoms. The second kappa shape index (κ2) is 4.42. The van der Waals surface area contributed by atoms with Crippen molar-refractivity contribution in [3.63, 3.8) is 0 Å². The van der Waals surface area contributed by atoms with Crippen LogP contribution in [-0.2, 0) is 4.79 Å². The summed E-state index contributed by atoms with van der Waals surface area (Å²) < 4.78 is 0. The first-order chi connectivity index (χ1) is 5.68. The molecular weight excluding hydrogens is 156 g/mol. The van der Waals surface area contributed by atoms with Crippen LogP contribution in [0.1, 0.15) is 6.42 Å². The van der Waals surface area contributed by atoms with Crippen LogP contribution in [0.5, 0.6) is 0 Å². The summed E-state index contributed by atoms with van der Waals surface area (Å²) in [6.45, 7) is 3.14. The first-order valence-electron chi connectivity index (χ1n) is 4.29. The lowest BCUT2D eigenvalue weighted by Gasteiger charge is -2.09. The molecule has 4 heteroatoms. The van der Waals surface area contributed by atoms with Gasteiger partial charge in [-0.1, -0.05) is 0 Å². The molecule has 1 aliphatic rings. The van der Waals surface area contributed by atoms with E-state index in [-0.39, 0.29) is 6.54 Å². The Morgan fingerprint density at radius 1 is 1.75 bits per heavy atom. The van der Waals surface area contributed by atoms with E-state index in [1.54, 1.807) is 0 Å². The van der Waals surface area contributed by atoms with E-state index in [1.807, 2.05) is 0 Å². The molecule has 0 aromatic heterocycles. The zero-order chi connectivity index (χ0) is 8.97. The summed E-state index contributed by atoms with van der Waals surface area (Å²) in [4.78, 5) is 12.4. The number of rotatable bonds is 4. The minimum absolute atomic E-state index is 0.0835. The van der Waals surface area contributed by atoms with Crippen LogP contribution in [0.2, 0.25) is 0 Å². The molecule has 2 N–H and O–H groups in total. The van der Waals surface area contributed by atoms with Gasteiger partial charge in [0.2, 0.25) is 0 Å². The minimum atomic E-state index is -0.777.